The van der Waals surface area contributed by atoms with Gasteiger partial charge in [0, 0.05) is 12.2 Å². The number of aliphatic hydroxyl groups excluding tert-OH is 2. The van der Waals surface area contributed by atoms with Crippen LogP contribution in [0.4, 0.5) is 0 Å². The third-order valence-corrected chi connectivity index (χ3v) is 11.3. The molecule has 11 amide bonds. The number of carbonyl (C=O) groups excluding carboxylic acids is 11. The average molecular weight is 1060 g/mol. The Kier molecular flexibility index (Phi) is 30.7. The first kappa shape index (κ1) is 66.8. The standard InChI is InChI=1S/C44H79N13O15S/c1-19(2)15-27(52-39(66)28(17-58)53-42(69)33(21(5)6)56-37(64)25(12-13-30(47)60)50-36(63)24(46)16-31(48)61)38(65)57-34(23(8)59)43(70)54-29(18-73)40(67)49-22(7)35(62)55-32(20(3)4)41(68)51-26(44(71)72)11-9-10-14-45/h19-29,32-34,58-59,73H,9-18,45-46H2,1-8H3,(H2,47,60)(H2,48,61)(H,49,67)(H,50,63)(H,51,68)(H,52,66)(H,53,69)(H,54,70)(H,55,62)(H,56,64)(H,57,65)(H,71,72)/t22-,23+,24-,25-,26-,27-,28-,29-,32-,33-,34-/m0/s1. The molecule has 11 atom stereocenters. The molecular formula is C44H79N13O15S. The number of hydrogen-bond donors (Lipinski definition) is 17. The summed E-state index contributed by atoms with van der Waals surface area (Å²) in [5.74, 6) is -13.6. The molecule has 20 N–H and O–H groups in total. The summed E-state index contributed by atoms with van der Waals surface area (Å²) in [6.45, 7) is 11.4. The molecule has 0 aliphatic heterocycles. The number of carboxylic acids is 1. The molecule has 0 aromatic heterocycles. The van der Waals surface area contributed by atoms with Gasteiger partial charge >= 0.3 is 5.97 Å². The van der Waals surface area contributed by atoms with Gasteiger partial charge in [-0.3, -0.25) is 52.7 Å². The molecule has 29 heteroatoms. The Balaban J connectivity index is 6.09. The number of nitrogens with one attached hydrogen (secondary N) is 9. The molecule has 0 rings (SSSR count). The van der Waals surface area contributed by atoms with Crippen LogP contribution in [0, 0.1) is 17.8 Å². The van der Waals surface area contributed by atoms with E-state index in [0.717, 1.165) is 6.92 Å². The fourth-order valence-corrected chi connectivity index (χ4v) is 6.94. The monoisotopic (exact) mass is 1060 g/mol. The summed E-state index contributed by atoms with van der Waals surface area (Å²) in [6.07, 6.45) is -1.94. The minimum absolute atomic E-state index is 0.0834. The van der Waals surface area contributed by atoms with E-state index in [1.807, 2.05) is 0 Å². The van der Waals surface area contributed by atoms with Crippen LogP contribution in [0.3, 0.4) is 0 Å². The number of primary amides is 2. The minimum atomic E-state index is -1.76. The van der Waals surface area contributed by atoms with Crippen molar-refractivity contribution in [2.45, 2.75) is 167 Å². The zero-order chi connectivity index (χ0) is 56.4. The van der Waals surface area contributed by atoms with E-state index in [4.69, 9.17) is 22.9 Å². The van der Waals surface area contributed by atoms with Crippen molar-refractivity contribution in [3.63, 3.8) is 0 Å². The van der Waals surface area contributed by atoms with Crippen LogP contribution in [0.15, 0.2) is 0 Å². The lowest BCUT2D eigenvalue weighted by Crippen LogP contribution is -2.62. The van der Waals surface area contributed by atoms with Gasteiger partial charge in [0.1, 0.15) is 54.4 Å². The van der Waals surface area contributed by atoms with Gasteiger partial charge in [-0.1, -0.05) is 41.5 Å². The van der Waals surface area contributed by atoms with Crippen molar-refractivity contribution in [3.8, 4) is 0 Å². The smallest absolute Gasteiger partial charge is 0.326 e. The van der Waals surface area contributed by atoms with Crippen LogP contribution in [-0.4, -0.2) is 172 Å². The van der Waals surface area contributed by atoms with Gasteiger partial charge in [-0.05, 0) is 70.3 Å². The molecule has 28 nitrogen and oxygen atoms in total. The molecule has 416 valence electrons. The molecule has 0 radical (unpaired) electrons. The Labute approximate surface area is 429 Å². The number of rotatable bonds is 35. The van der Waals surface area contributed by atoms with E-state index in [2.05, 4.69) is 60.5 Å². The van der Waals surface area contributed by atoms with Crippen LogP contribution < -0.4 is 70.8 Å². The Bertz CT molecular complexity index is 1930. The molecule has 0 bridgehead atoms. The van der Waals surface area contributed by atoms with Crippen LogP contribution in [0.1, 0.15) is 100 Å². The number of carboxylic acid groups (broad SMARTS) is 1. The maximum atomic E-state index is 13.8. The predicted octanol–water partition coefficient (Wildman–Crippen LogP) is -6.29. The van der Waals surface area contributed by atoms with Crippen molar-refractivity contribution in [1.82, 2.24) is 47.9 Å². The van der Waals surface area contributed by atoms with Gasteiger partial charge in [0.05, 0.1) is 25.2 Å². The molecule has 0 aliphatic carbocycles. The number of aliphatic carboxylic acids is 1. The normalized spacial score (nSPS) is 15.8. The van der Waals surface area contributed by atoms with Crippen LogP contribution in [0.5, 0.6) is 0 Å². The predicted molar refractivity (Wildman–Crippen MR) is 266 cm³/mol. The van der Waals surface area contributed by atoms with Crippen molar-refractivity contribution in [1.29, 1.82) is 0 Å². The number of unbranched alkanes of at least 4 members (excludes halogenated alkanes) is 1. The molecule has 0 aliphatic rings. The quantitative estimate of drug-likeness (QED) is 0.0207. The van der Waals surface area contributed by atoms with Crippen molar-refractivity contribution < 1.29 is 72.9 Å². The van der Waals surface area contributed by atoms with Gasteiger partial charge in [-0.2, -0.15) is 12.6 Å². The van der Waals surface area contributed by atoms with Gasteiger partial charge in [-0.25, -0.2) is 4.79 Å². The maximum absolute atomic E-state index is 13.8. The second-order valence-electron chi connectivity index (χ2n) is 18.6. The zero-order valence-electron chi connectivity index (χ0n) is 42.7. The molecule has 0 unspecified atom stereocenters. The van der Waals surface area contributed by atoms with E-state index in [0.29, 0.717) is 19.4 Å². The van der Waals surface area contributed by atoms with E-state index < -0.39 is 162 Å². The minimum Gasteiger partial charge on any atom is -0.480 e. The van der Waals surface area contributed by atoms with Crippen molar-refractivity contribution in [2.75, 3.05) is 18.9 Å². The summed E-state index contributed by atoms with van der Waals surface area (Å²) < 4.78 is 0. The highest BCUT2D eigenvalue weighted by molar-refractivity contribution is 7.80. The van der Waals surface area contributed by atoms with Crippen LogP contribution in [-0.2, 0) is 57.5 Å². The van der Waals surface area contributed by atoms with E-state index in [-0.39, 0.29) is 37.4 Å². The Hall–Kier alpha value is -6.17. The lowest BCUT2D eigenvalue weighted by atomic mass is 10.0. The molecule has 0 spiro atoms. The fraction of sp³-hybridized carbons (Fsp3) is 0.727. The molecule has 0 fully saturated rings. The molecule has 73 heavy (non-hydrogen) atoms. The highest BCUT2D eigenvalue weighted by atomic mass is 32.1. The zero-order valence-corrected chi connectivity index (χ0v) is 43.5. The molecule has 0 saturated heterocycles. The Morgan fingerprint density at radius 3 is 1.40 bits per heavy atom. The van der Waals surface area contributed by atoms with Gasteiger partial charge < -0.3 is 86.1 Å². The summed E-state index contributed by atoms with van der Waals surface area (Å²) in [5, 5.41) is 51.8. The lowest BCUT2D eigenvalue weighted by molar-refractivity contribution is -0.143. The summed E-state index contributed by atoms with van der Waals surface area (Å²) >= 11 is 4.13. The number of nitrogens with two attached hydrogens (primary N) is 4. The van der Waals surface area contributed by atoms with Crippen molar-refractivity contribution >= 4 is 83.6 Å². The third kappa shape index (κ3) is 24.9. The number of carbonyl (C=O) groups is 12. The van der Waals surface area contributed by atoms with Crippen LogP contribution >= 0.6 is 12.6 Å². The summed E-state index contributed by atoms with van der Waals surface area (Å²) in [7, 11) is 0. The maximum Gasteiger partial charge on any atom is 0.326 e. The Morgan fingerprint density at radius 2 is 0.945 bits per heavy atom. The SMILES string of the molecule is CC(C)C[C@H](NC(=O)[C@H](CO)NC(=O)[C@@H](NC(=O)[C@H](CCC(N)=O)NC(=O)[C@@H](N)CC(N)=O)C(C)C)C(=O)N[C@H](C(=O)N[C@@H](CS)C(=O)N[C@@H](C)C(=O)N[C@H](C(=O)N[C@@H](CCCCN)C(=O)O)C(C)C)[C@@H](C)O. The van der Waals surface area contributed by atoms with Crippen LogP contribution in [0.2, 0.25) is 0 Å². The average Bonchev–Trinajstić information content (AvgIpc) is 3.29. The number of aliphatic hydroxyl groups is 2. The number of thiol groups is 1. The number of hydrogen-bond acceptors (Lipinski definition) is 17. The summed E-state index contributed by atoms with van der Waals surface area (Å²) in [5.41, 5.74) is 21.5. The number of amides is 11. The van der Waals surface area contributed by atoms with Gasteiger partial charge in [0.2, 0.25) is 65.0 Å². The fourth-order valence-electron chi connectivity index (χ4n) is 6.68. The van der Waals surface area contributed by atoms with Gasteiger partial charge in [0.25, 0.3) is 0 Å². The molecular weight excluding hydrogens is 983 g/mol. The lowest BCUT2D eigenvalue weighted by Gasteiger charge is -2.29. The van der Waals surface area contributed by atoms with E-state index in [9.17, 15) is 72.9 Å². The van der Waals surface area contributed by atoms with Gasteiger partial charge in [0.15, 0.2) is 0 Å². The molecule has 0 saturated carbocycles. The second-order valence-corrected chi connectivity index (χ2v) is 19.0. The highest BCUT2D eigenvalue weighted by Crippen LogP contribution is 2.11. The van der Waals surface area contributed by atoms with E-state index >= 15 is 0 Å². The molecule has 0 aromatic rings. The molecule has 0 aromatic carbocycles. The first-order valence-corrected chi connectivity index (χ1v) is 24.4. The third-order valence-electron chi connectivity index (χ3n) is 10.9. The summed E-state index contributed by atoms with van der Waals surface area (Å²) in [4.78, 5) is 155. The van der Waals surface area contributed by atoms with Crippen molar-refractivity contribution in [2.24, 2.45) is 40.7 Å². The second kappa shape index (κ2) is 33.5. The first-order valence-electron chi connectivity index (χ1n) is 23.8. The molecule has 0 heterocycles. The Morgan fingerprint density at radius 1 is 0.507 bits per heavy atom. The highest BCUT2D eigenvalue weighted by Gasteiger charge is 2.37. The van der Waals surface area contributed by atoms with E-state index in [1.54, 1.807) is 27.7 Å². The van der Waals surface area contributed by atoms with Gasteiger partial charge in [-0.15, -0.1) is 0 Å². The van der Waals surface area contributed by atoms with Crippen molar-refractivity contribution in [3.05, 3.63) is 0 Å². The summed E-state index contributed by atoms with van der Waals surface area (Å²) in [6, 6.07) is -14.6. The largest absolute Gasteiger partial charge is 0.480 e. The first-order chi connectivity index (χ1) is 33.9. The topological polar surface area (TPSA) is 478 Å². The van der Waals surface area contributed by atoms with Crippen LogP contribution in [0.25, 0.3) is 0 Å². The van der Waals surface area contributed by atoms with E-state index in [1.165, 1.54) is 20.8 Å².